The van der Waals surface area contributed by atoms with Crippen molar-refractivity contribution in [2.75, 3.05) is 12.4 Å². The molecule has 1 aliphatic carbocycles. The van der Waals surface area contributed by atoms with Gasteiger partial charge in [0.25, 0.3) is 0 Å². The highest BCUT2D eigenvalue weighted by Gasteiger charge is 2.87. The van der Waals surface area contributed by atoms with E-state index in [4.69, 9.17) is 16.0 Å². The number of hydrogen-bond donors (Lipinski definition) is 2. The fourth-order valence-corrected chi connectivity index (χ4v) is 5.47. The van der Waals surface area contributed by atoms with Gasteiger partial charge in [-0.2, -0.15) is 13.2 Å². The number of nitrogens with one attached hydrogen (secondary N) is 1. The first-order valence-electron chi connectivity index (χ1n) is 9.91. The maximum absolute atomic E-state index is 13.5. The zero-order valence-electron chi connectivity index (χ0n) is 16.8. The van der Waals surface area contributed by atoms with E-state index in [1.165, 1.54) is 13.3 Å². The van der Waals surface area contributed by atoms with Crippen LogP contribution in [0.1, 0.15) is 24.0 Å². The van der Waals surface area contributed by atoms with Crippen molar-refractivity contribution in [1.29, 1.82) is 0 Å². The summed E-state index contributed by atoms with van der Waals surface area (Å²) in [7, 11) is 1.46. The number of aliphatic hydroxyl groups is 1. The molecule has 2 aliphatic heterocycles. The lowest BCUT2D eigenvalue weighted by Gasteiger charge is -2.29. The van der Waals surface area contributed by atoms with Crippen LogP contribution in [0.3, 0.4) is 0 Å². The number of amides is 1. The predicted octanol–water partition coefficient (Wildman–Crippen LogP) is 3.46. The molecule has 1 saturated carbocycles. The average Bonchev–Trinajstić information content (AvgIpc) is 3.26. The van der Waals surface area contributed by atoms with E-state index in [2.05, 4.69) is 15.1 Å². The van der Waals surface area contributed by atoms with Crippen molar-refractivity contribution in [2.24, 2.45) is 5.41 Å². The molecule has 3 heterocycles. The van der Waals surface area contributed by atoms with Crippen LogP contribution in [0.15, 0.2) is 36.5 Å². The molecule has 1 aromatic heterocycles. The number of hydrogen-bond acceptors (Lipinski definition) is 5. The van der Waals surface area contributed by atoms with Gasteiger partial charge in [0.05, 0.1) is 43.0 Å². The highest BCUT2D eigenvalue weighted by molar-refractivity contribution is 6.03. The second-order valence-corrected chi connectivity index (χ2v) is 8.35. The molecule has 5 rings (SSSR count). The van der Waals surface area contributed by atoms with E-state index in [1.54, 1.807) is 12.1 Å². The molecule has 0 radical (unpaired) electrons. The van der Waals surface area contributed by atoms with Gasteiger partial charge in [0.15, 0.2) is 0 Å². The van der Waals surface area contributed by atoms with E-state index in [9.17, 15) is 23.1 Å². The van der Waals surface area contributed by atoms with Gasteiger partial charge in [-0.1, -0.05) is 12.1 Å². The minimum absolute atomic E-state index is 0.0938. The monoisotopic (exact) mass is 445 g/mol. The molecule has 32 heavy (non-hydrogen) atoms. The molecular weight excluding hydrogens is 427 g/mol. The molecule has 0 spiro atoms. The van der Waals surface area contributed by atoms with Crippen molar-refractivity contribution in [3.63, 3.8) is 0 Å². The summed E-state index contributed by atoms with van der Waals surface area (Å²) in [5.74, 6) is -0.194. The number of carbonyl (C=O) groups excluding carboxylic acids is 1. The van der Waals surface area contributed by atoms with Gasteiger partial charge < -0.3 is 19.9 Å². The summed E-state index contributed by atoms with van der Waals surface area (Å²) in [6, 6.07) is 6.02. The Morgan fingerprint density at radius 1 is 1.38 bits per heavy atom. The first-order valence-corrected chi connectivity index (χ1v) is 9.91. The Hall–Kier alpha value is -3.16. The van der Waals surface area contributed by atoms with Crippen molar-refractivity contribution in [3.8, 4) is 5.88 Å². The Labute approximate surface area is 181 Å². The molecule has 2 N–H and O–H groups in total. The van der Waals surface area contributed by atoms with Crippen molar-refractivity contribution in [3.05, 3.63) is 59.1 Å². The average molecular weight is 445 g/mol. The van der Waals surface area contributed by atoms with Gasteiger partial charge in [-0.25, -0.2) is 9.83 Å². The quantitative estimate of drug-likeness (QED) is 0.705. The molecule has 2 aromatic rings. The molecule has 3 aliphatic rings. The molecule has 1 amide bonds. The number of aromatic nitrogens is 1. The third kappa shape index (κ3) is 2.61. The number of methoxy groups -OCH3 is 1. The lowest BCUT2D eigenvalue weighted by Crippen LogP contribution is -2.44. The third-order valence-corrected chi connectivity index (χ3v) is 6.94. The highest BCUT2D eigenvalue weighted by atomic mass is 19.4. The minimum atomic E-state index is -4.62. The number of nitrogens with zero attached hydrogens (tertiary/aromatic N) is 2. The zero-order valence-corrected chi connectivity index (χ0v) is 16.8. The molecule has 10 heteroatoms. The summed E-state index contributed by atoms with van der Waals surface area (Å²) in [6.07, 6.45) is -4.47. The number of anilines is 1. The molecule has 0 unspecified atom stereocenters. The summed E-state index contributed by atoms with van der Waals surface area (Å²) in [5.41, 5.74) is -2.47. The maximum atomic E-state index is 13.5. The smallest absolute Gasteiger partial charge is 0.416 e. The van der Waals surface area contributed by atoms with Gasteiger partial charge in [-0.05, 0) is 24.1 Å². The van der Waals surface area contributed by atoms with Gasteiger partial charge in [0.2, 0.25) is 17.5 Å². The molecule has 7 nitrogen and oxygen atoms in total. The van der Waals surface area contributed by atoms with E-state index < -0.39 is 46.8 Å². The van der Waals surface area contributed by atoms with Gasteiger partial charge in [0, 0.05) is 29.8 Å². The maximum Gasteiger partial charge on any atom is 0.416 e. The molecule has 3 fully saturated rings. The van der Waals surface area contributed by atoms with Crippen LogP contribution in [0.2, 0.25) is 0 Å². The Kier molecular flexibility index (Phi) is 4.32. The van der Waals surface area contributed by atoms with Crippen molar-refractivity contribution in [2.45, 2.75) is 42.7 Å². The predicted molar refractivity (Wildman–Crippen MR) is 105 cm³/mol. The van der Waals surface area contributed by atoms with Crippen molar-refractivity contribution < 1.29 is 32.5 Å². The van der Waals surface area contributed by atoms with Gasteiger partial charge in [-0.15, -0.1) is 0 Å². The Balaban J connectivity index is 1.54. The lowest BCUT2D eigenvalue weighted by molar-refractivity contribution is -0.137. The van der Waals surface area contributed by atoms with Gasteiger partial charge in [-0.3, -0.25) is 4.79 Å². The third-order valence-electron chi connectivity index (χ3n) is 6.94. The zero-order chi connectivity index (χ0) is 22.9. The second-order valence-electron chi connectivity index (χ2n) is 8.35. The van der Waals surface area contributed by atoms with E-state index >= 15 is 0 Å². The summed E-state index contributed by atoms with van der Waals surface area (Å²) in [4.78, 5) is 20.9. The standard InChI is InChI=1S/C22H18F3N3O4/c1-26-13-4-3-12(22(23,24)25)7-14(13)28-19(30)21-10-20(21,18-15(29)9-16(21)32-18)11-5-6-27-17(8-11)31-2/h3-8,15-16,18,29H,9-10H2,2H3,(H,28,30)/t15-,16+,18-,20+,21+/m0/s1. The van der Waals surface area contributed by atoms with Gasteiger partial charge >= 0.3 is 6.18 Å². The molecule has 1 aromatic carbocycles. The Morgan fingerprint density at radius 3 is 2.84 bits per heavy atom. The SMILES string of the molecule is [C-]#[N+]c1ccc(C(F)(F)F)cc1NC(=O)[C@]12C[C@@]1(c1ccnc(OC)c1)[C@H]1O[C@@H]2C[C@@H]1O. The summed E-state index contributed by atoms with van der Waals surface area (Å²) >= 11 is 0. The normalized spacial score (nSPS) is 32.2. The minimum Gasteiger partial charge on any atom is -0.481 e. The lowest BCUT2D eigenvalue weighted by atomic mass is 9.74. The molecule has 166 valence electrons. The number of benzene rings is 1. The number of pyridine rings is 1. The van der Waals surface area contributed by atoms with Crippen LogP contribution in [-0.2, 0) is 21.1 Å². The molecule has 2 saturated heterocycles. The number of halogens is 3. The highest BCUT2D eigenvalue weighted by Crippen LogP contribution is 2.77. The Morgan fingerprint density at radius 2 is 2.16 bits per heavy atom. The summed E-state index contributed by atoms with van der Waals surface area (Å²) in [6.45, 7) is 7.26. The molecule has 2 bridgehead atoms. The van der Waals surface area contributed by atoms with Crippen LogP contribution in [-0.4, -0.2) is 41.4 Å². The van der Waals surface area contributed by atoms with Crippen LogP contribution in [0, 0.1) is 12.0 Å². The molecular formula is C22H18F3N3O4. The van der Waals surface area contributed by atoms with Crippen LogP contribution >= 0.6 is 0 Å². The van der Waals surface area contributed by atoms with E-state index in [1.807, 2.05) is 0 Å². The first kappa shape index (κ1) is 20.7. The largest absolute Gasteiger partial charge is 0.481 e. The number of ether oxygens (including phenoxy) is 2. The summed E-state index contributed by atoms with van der Waals surface area (Å²) < 4.78 is 50.7. The topological polar surface area (TPSA) is 85.0 Å². The fourth-order valence-electron chi connectivity index (χ4n) is 5.47. The van der Waals surface area contributed by atoms with Crippen LogP contribution in [0.5, 0.6) is 5.88 Å². The van der Waals surface area contributed by atoms with Crippen LogP contribution < -0.4 is 10.1 Å². The van der Waals surface area contributed by atoms with E-state index in [0.717, 1.165) is 18.2 Å². The molecule has 5 atom stereocenters. The number of alkyl halides is 3. The van der Waals surface area contributed by atoms with E-state index in [0.29, 0.717) is 17.9 Å². The number of rotatable bonds is 4. The number of carbonyl (C=O) groups is 1. The van der Waals surface area contributed by atoms with Crippen LogP contribution in [0.4, 0.5) is 24.5 Å². The number of fused-ring (bicyclic) bond motifs is 5. The van der Waals surface area contributed by atoms with Crippen LogP contribution in [0.25, 0.3) is 4.85 Å². The van der Waals surface area contributed by atoms with Gasteiger partial charge in [0.1, 0.15) is 0 Å². The number of aliphatic hydroxyl groups excluding tert-OH is 1. The fraction of sp³-hybridized carbons (Fsp3) is 0.409. The Bertz CT molecular complexity index is 1160. The summed E-state index contributed by atoms with van der Waals surface area (Å²) in [5, 5.41) is 13.1. The van der Waals surface area contributed by atoms with E-state index in [-0.39, 0.29) is 17.8 Å². The second kappa shape index (κ2) is 6.67. The van der Waals surface area contributed by atoms with Crippen molar-refractivity contribution >= 4 is 17.3 Å². The first-order chi connectivity index (χ1) is 15.2. The van der Waals surface area contributed by atoms with Crippen molar-refractivity contribution in [1.82, 2.24) is 4.98 Å².